The van der Waals surface area contributed by atoms with Crippen molar-refractivity contribution in [2.24, 2.45) is 0 Å². The number of hydrogen-bond acceptors (Lipinski definition) is 8. The zero-order valence-electron chi connectivity index (χ0n) is 15.8. The van der Waals surface area contributed by atoms with Crippen molar-refractivity contribution in [3.8, 4) is 10.4 Å². The second kappa shape index (κ2) is 7.90. The number of carbonyl (C=O) groups is 1. The lowest BCUT2D eigenvalue weighted by Crippen LogP contribution is -2.26. The molecule has 0 bridgehead atoms. The molecule has 1 aromatic carbocycles. The maximum Gasteiger partial charge on any atom is 0.414 e. The number of anilines is 1. The lowest BCUT2D eigenvalue weighted by atomic mass is 10.1. The first kappa shape index (κ1) is 18.8. The molecule has 1 amide bonds. The summed E-state index contributed by atoms with van der Waals surface area (Å²) in [5.41, 5.74) is 5.56. The number of carbonyl (C=O) groups excluding carboxylic acids is 1. The molecule has 2 N–H and O–H groups in total. The van der Waals surface area contributed by atoms with E-state index in [0.717, 1.165) is 26.7 Å². The minimum absolute atomic E-state index is 0.0607. The maximum atomic E-state index is 12.3. The zero-order chi connectivity index (χ0) is 20.5. The van der Waals surface area contributed by atoms with Crippen LogP contribution < -0.4 is 10.4 Å². The van der Waals surface area contributed by atoms with Crippen LogP contribution in [0.1, 0.15) is 4.88 Å². The minimum atomic E-state index is -0.357. The number of amides is 1. The third kappa shape index (κ3) is 3.67. The average Bonchev–Trinajstić information content (AvgIpc) is 3.55. The first-order valence-corrected chi connectivity index (χ1v) is 10.3. The summed E-state index contributed by atoms with van der Waals surface area (Å²) < 4.78 is 7.11. The molecule has 1 saturated heterocycles. The van der Waals surface area contributed by atoms with E-state index in [1.807, 2.05) is 42.5 Å². The van der Waals surface area contributed by atoms with Crippen molar-refractivity contribution < 1.29 is 19.5 Å². The third-order valence-corrected chi connectivity index (χ3v) is 6.09. The number of cyclic esters (lactones) is 1. The molecular formula is C20H19N5O4S. The van der Waals surface area contributed by atoms with Gasteiger partial charge < -0.3 is 9.84 Å². The van der Waals surface area contributed by atoms with Crippen molar-refractivity contribution in [1.29, 1.82) is 0 Å². The van der Waals surface area contributed by atoms with Gasteiger partial charge in [0.25, 0.3) is 0 Å². The van der Waals surface area contributed by atoms with Crippen LogP contribution in [0.5, 0.6) is 0 Å². The molecule has 2 aliphatic heterocycles. The van der Waals surface area contributed by atoms with Crippen LogP contribution in [0.4, 0.5) is 10.5 Å². The van der Waals surface area contributed by atoms with Gasteiger partial charge in [-0.15, -0.1) is 16.4 Å². The van der Waals surface area contributed by atoms with Crippen LogP contribution in [-0.2, 0) is 16.1 Å². The normalized spacial score (nSPS) is 20.9. The molecule has 2 aliphatic rings. The lowest BCUT2D eigenvalue weighted by molar-refractivity contribution is 0.0174. The van der Waals surface area contributed by atoms with E-state index in [4.69, 9.17) is 9.57 Å². The van der Waals surface area contributed by atoms with Crippen LogP contribution in [0.2, 0.25) is 0 Å². The van der Waals surface area contributed by atoms with Gasteiger partial charge >= 0.3 is 6.09 Å². The molecule has 0 saturated carbocycles. The van der Waals surface area contributed by atoms with E-state index in [0.29, 0.717) is 13.1 Å². The van der Waals surface area contributed by atoms with Crippen molar-refractivity contribution in [1.82, 2.24) is 20.5 Å². The number of aliphatic hydroxyl groups is 1. The molecule has 0 spiro atoms. The Labute approximate surface area is 176 Å². The van der Waals surface area contributed by atoms with Gasteiger partial charge in [-0.2, -0.15) is 0 Å². The summed E-state index contributed by atoms with van der Waals surface area (Å²) in [6.45, 7) is 0.880. The van der Waals surface area contributed by atoms with Crippen LogP contribution in [-0.4, -0.2) is 51.6 Å². The summed E-state index contributed by atoms with van der Waals surface area (Å²) in [6.07, 6.45) is 4.26. The summed E-state index contributed by atoms with van der Waals surface area (Å²) in [6, 6.07) is 11.9. The molecule has 30 heavy (non-hydrogen) atoms. The largest absolute Gasteiger partial charge is 0.442 e. The first-order valence-electron chi connectivity index (χ1n) is 9.47. The van der Waals surface area contributed by atoms with E-state index in [2.05, 4.69) is 15.8 Å². The molecule has 2 aromatic heterocycles. The SMILES string of the molecule is O=C1O[C@@H](Cn2ccnn2)CN1c1ccc(-c2ccc(C3=CC(CO)ON3)s2)cc1. The van der Waals surface area contributed by atoms with Crippen molar-refractivity contribution in [3.63, 3.8) is 0 Å². The van der Waals surface area contributed by atoms with Gasteiger partial charge in [-0.1, -0.05) is 17.3 Å². The Bertz CT molecular complexity index is 1060. The molecule has 4 heterocycles. The van der Waals surface area contributed by atoms with Gasteiger partial charge in [-0.05, 0) is 35.9 Å². The zero-order valence-corrected chi connectivity index (χ0v) is 16.7. The number of thiophene rings is 1. The van der Waals surface area contributed by atoms with Gasteiger partial charge in [0.15, 0.2) is 0 Å². The number of hydrogen-bond donors (Lipinski definition) is 2. The van der Waals surface area contributed by atoms with Crippen LogP contribution in [0.3, 0.4) is 0 Å². The van der Waals surface area contributed by atoms with E-state index in [1.54, 1.807) is 33.3 Å². The topological polar surface area (TPSA) is 102 Å². The predicted molar refractivity (Wildman–Crippen MR) is 110 cm³/mol. The second-order valence-corrected chi connectivity index (χ2v) is 8.06. The Hall–Kier alpha value is -3.21. The molecule has 1 fully saturated rings. The lowest BCUT2D eigenvalue weighted by Gasteiger charge is -2.13. The van der Waals surface area contributed by atoms with E-state index in [-0.39, 0.29) is 24.9 Å². The second-order valence-electron chi connectivity index (χ2n) is 6.97. The molecular weight excluding hydrogens is 406 g/mol. The number of aromatic nitrogens is 3. The fourth-order valence-corrected chi connectivity index (χ4v) is 4.41. The highest BCUT2D eigenvalue weighted by molar-refractivity contribution is 7.16. The molecule has 3 aromatic rings. The summed E-state index contributed by atoms with van der Waals surface area (Å²) in [4.78, 5) is 21.3. The maximum absolute atomic E-state index is 12.3. The summed E-state index contributed by atoms with van der Waals surface area (Å²) in [7, 11) is 0. The quantitative estimate of drug-likeness (QED) is 0.625. The number of aliphatic hydroxyl groups excluding tert-OH is 1. The highest BCUT2D eigenvalue weighted by Gasteiger charge is 2.32. The number of rotatable bonds is 6. The van der Waals surface area contributed by atoms with Gasteiger partial charge in [0.2, 0.25) is 0 Å². The van der Waals surface area contributed by atoms with Crippen LogP contribution in [0.15, 0.2) is 54.9 Å². The van der Waals surface area contributed by atoms with Crippen molar-refractivity contribution >= 4 is 28.8 Å². The van der Waals surface area contributed by atoms with Crippen molar-refractivity contribution in [2.75, 3.05) is 18.1 Å². The average molecular weight is 425 g/mol. The molecule has 10 heteroatoms. The number of hydroxylamine groups is 1. The highest BCUT2D eigenvalue weighted by atomic mass is 32.1. The fourth-order valence-electron chi connectivity index (χ4n) is 3.43. The predicted octanol–water partition coefficient (Wildman–Crippen LogP) is 2.27. The molecule has 0 radical (unpaired) electrons. The molecule has 1 unspecified atom stereocenters. The van der Waals surface area contributed by atoms with E-state index < -0.39 is 0 Å². The first-order chi connectivity index (χ1) is 14.7. The Morgan fingerprint density at radius 2 is 2.03 bits per heavy atom. The van der Waals surface area contributed by atoms with Gasteiger partial charge in [0, 0.05) is 16.8 Å². The van der Waals surface area contributed by atoms with E-state index in [9.17, 15) is 9.90 Å². The molecule has 154 valence electrons. The number of benzene rings is 1. The van der Waals surface area contributed by atoms with Crippen molar-refractivity contribution in [3.05, 3.63) is 59.7 Å². The number of nitrogens with zero attached hydrogens (tertiary/aromatic N) is 4. The van der Waals surface area contributed by atoms with Gasteiger partial charge in [0.05, 0.1) is 36.5 Å². The standard InChI is InChI=1S/C20H19N5O4S/c26-12-15-9-17(22-29-15)19-6-5-18(30-19)13-1-3-14(4-2-13)25-11-16(28-20(25)27)10-24-8-7-21-23-24/h1-9,15-16,22,26H,10-12H2/t15?,16-/m0/s1. The Morgan fingerprint density at radius 3 is 2.77 bits per heavy atom. The smallest absolute Gasteiger partial charge is 0.414 e. The van der Waals surface area contributed by atoms with Crippen LogP contribution in [0, 0.1) is 0 Å². The Balaban J connectivity index is 1.27. The number of nitrogens with one attached hydrogen (secondary N) is 1. The molecule has 0 aliphatic carbocycles. The minimum Gasteiger partial charge on any atom is -0.442 e. The van der Waals surface area contributed by atoms with Crippen LogP contribution in [0.25, 0.3) is 16.1 Å². The Morgan fingerprint density at radius 1 is 1.20 bits per heavy atom. The summed E-state index contributed by atoms with van der Waals surface area (Å²) in [5.74, 6) is 0. The van der Waals surface area contributed by atoms with Gasteiger partial charge in [-0.3, -0.25) is 15.2 Å². The fraction of sp³-hybridized carbons (Fsp3) is 0.250. The highest BCUT2D eigenvalue weighted by Crippen LogP contribution is 2.34. The molecule has 2 atom stereocenters. The van der Waals surface area contributed by atoms with E-state index >= 15 is 0 Å². The summed E-state index contributed by atoms with van der Waals surface area (Å²) in [5, 5.41) is 16.9. The monoisotopic (exact) mass is 425 g/mol. The Kier molecular flexibility index (Phi) is 4.95. The number of ether oxygens (including phenoxy) is 1. The molecule has 5 rings (SSSR count). The summed E-state index contributed by atoms with van der Waals surface area (Å²) >= 11 is 1.62. The van der Waals surface area contributed by atoms with Gasteiger partial charge in [-0.25, -0.2) is 9.48 Å². The van der Waals surface area contributed by atoms with Crippen LogP contribution >= 0.6 is 11.3 Å². The van der Waals surface area contributed by atoms with Crippen molar-refractivity contribution in [2.45, 2.75) is 18.8 Å². The third-order valence-electron chi connectivity index (χ3n) is 4.92. The van der Waals surface area contributed by atoms with E-state index in [1.165, 1.54) is 0 Å². The van der Waals surface area contributed by atoms with Gasteiger partial charge in [0.1, 0.15) is 12.2 Å². The molecule has 9 nitrogen and oxygen atoms in total.